The lowest BCUT2D eigenvalue weighted by molar-refractivity contribution is -0.134. The van der Waals surface area contributed by atoms with Gasteiger partial charge in [-0.05, 0) is 70.4 Å². The molecule has 0 aliphatic carbocycles. The molecule has 220 valence electrons. The number of hydrogen-bond donors (Lipinski definition) is 1. The number of anilines is 2. The van der Waals surface area contributed by atoms with Gasteiger partial charge in [0.15, 0.2) is 12.1 Å². The first-order valence-corrected chi connectivity index (χ1v) is 13.3. The number of aromatic nitrogens is 2. The van der Waals surface area contributed by atoms with Crippen molar-refractivity contribution in [3.05, 3.63) is 70.9 Å². The van der Waals surface area contributed by atoms with Gasteiger partial charge in [0, 0.05) is 12.2 Å². The van der Waals surface area contributed by atoms with Crippen LogP contribution in [0.1, 0.15) is 72.9 Å². The third-order valence-corrected chi connectivity index (χ3v) is 6.34. The highest BCUT2D eigenvalue weighted by atomic mass is 19.1. The fourth-order valence-corrected chi connectivity index (χ4v) is 4.50. The number of carbonyl (C=O) groups excluding carboxylic acids is 4. The minimum atomic E-state index is -0.955. The van der Waals surface area contributed by atoms with E-state index in [1.54, 1.807) is 52.0 Å². The molecule has 1 N–H and O–H groups in total. The van der Waals surface area contributed by atoms with Crippen LogP contribution < -0.4 is 5.32 Å². The van der Waals surface area contributed by atoms with Crippen molar-refractivity contribution in [2.24, 2.45) is 0 Å². The molecule has 0 radical (unpaired) electrons. The molecule has 12 heteroatoms. The van der Waals surface area contributed by atoms with E-state index in [1.807, 2.05) is 0 Å². The Hall–Kier alpha value is -4.74. The molecule has 2 aromatic carbocycles. The van der Waals surface area contributed by atoms with Gasteiger partial charge in [-0.2, -0.15) is 0 Å². The van der Waals surface area contributed by atoms with Gasteiger partial charge >= 0.3 is 12.1 Å². The molecule has 3 aromatic rings. The number of likely N-dealkylation sites (tertiary alicyclic amines) is 1. The van der Waals surface area contributed by atoms with Gasteiger partial charge in [-0.15, -0.1) is 0 Å². The fraction of sp³-hybridized carbons (Fsp3) is 0.333. The lowest BCUT2D eigenvalue weighted by Crippen LogP contribution is -2.46. The monoisotopic (exact) mass is 580 g/mol. The number of nitrogens with one attached hydrogen (secondary N) is 1. The third kappa shape index (κ3) is 6.59. The first-order chi connectivity index (χ1) is 19.9. The SMILES string of the molecule is CCOC(=O)c1c(C=O)nc(-c2c(F)cccc2F)nc1Nc1ccc(C2CCCN(C(=O)OC(C)(C)C)C2=O)cc1. The molecule has 0 bridgehead atoms. The van der Waals surface area contributed by atoms with E-state index in [-0.39, 0.29) is 36.7 Å². The summed E-state index contributed by atoms with van der Waals surface area (Å²) in [5.74, 6) is -4.42. The number of imide groups is 1. The smallest absolute Gasteiger partial charge is 0.417 e. The number of nitrogens with zero attached hydrogens (tertiary/aromatic N) is 3. The molecule has 1 unspecified atom stereocenters. The maximum Gasteiger partial charge on any atom is 0.417 e. The van der Waals surface area contributed by atoms with E-state index in [0.717, 1.165) is 17.0 Å². The van der Waals surface area contributed by atoms with Gasteiger partial charge < -0.3 is 14.8 Å². The number of ether oxygens (including phenoxy) is 2. The maximum absolute atomic E-state index is 14.5. The molecule has 0 spiro atoms. The molecule has 10 nitrogen and oxygen atoms in total. The summed E-state index contributed by atoms with van der Waals surface area (Å²) in [6.45, 7) is 7.00. The Morgan fingerprint density at radius 2 is 1.76 bits per heavy atom. The van der Waals surface area contributed by atoms with Crippen LogP contribution in [0.2, 0.25) is 0 Å². The number of halogens is 2. The molecular formula is C30H30F2N4O6. The number of aldehydes is 1. The number of amides is 2. The van der Waals surface area contributed by atoms with Crippen LogP contribution in [0.4, 0.5) is 25.1 Å². The van der Waals surface area contributed by atoms with E-state index in [4.69, 9.17) is 9.47 Å². The first kappa shape index (κ1) is 30.2. The molecule has 1 aliphatic heterocycles. The quantitative estimate of drug-likeness (QED) is 0.273. The third-order valence-electron chi connectivity index (χ3n) is 6.34. The molecule has 1 aliphatic rings. The summed E-state index contributed by atoms with van der Waals surface area (Å²) in [6.07, 6.45) is 0.710. The molecule has 4 rings (SSSR count). The zero-order valence-corrected chi connectivity index (χ0v) is 23.6. The number of hydrogen-bond acceptors (Lipinski definition) is 9. The molecule has 1 aromatic heterocycles. The van der Waals surface area contributed by atoms with Gasteiger partial charge in [0.25, 0.3) is 0 Å². The predicted octanol–water partition coefficient (Wildman–Crippen LogP) is 5.80. The zero-order valence-electron chi connectivity index (χ0n) is 23.6. The topological polar surface area (TPSA) is 128 Å². The van der Waals surface area contributed by atoms with Crippen molar-refractivity contribution in [1.29, 1.82) is 0 Å². The predicted molar refractivity (Wildman–Crippen MR) is 148 cm³/mol. The highest BCUT2D eigenvalue weighted by Gasteiger charge is 2.36. The molecular weight excluding hydrogens is 550 g/mol. The second-order valence-electron chi connectivity index (χ2n) is 10.5. The average Bonchev–Trinajstić information content (AvgIpc) is 2.92. The number of piperidine rings is 1. The number of carbonyl (C=O) groups is 4. The summed E-state index contributed by atoms with van der Waals surface area (Å²) in [5, 5.41) is 2.90. The van der Waals surface area contributed by atoms with Crippen LogP contribution in [0.5, 0.6) is 0 Å². The second-order valence-corrected chi connectivity index (χ2v) is 10.5. The minimum absolute atomic E-state index is 0.00924. The largest absolute Gasteiger partial charge is 0.462 e. The van der Waals surface area contributed by atoms with Gasteiger partial charge in [0.05, 0.1) is 18.1 Å². The Morgan fingerprint density at radius 1 is 1.10 bits per heavy atom. The van der Waals surface area contributed by atoms with E-state index in [0.29, 0.717) is 24.1 Å². The average molecular weight is 581 g/mol. The van der Waals surface area contributed by atoms with Crippen LogP contribution in [0.25, 0.3) is 11.4 Å². The molecule has 1 saturated heterocycles. The second kappa shape index (κ2) is 12.4. The van der Waals surface area contributed by atoms with Crippen molar-refractivity contribution < 1.29 is 37.4 Å². The number of rotatable bonds is 7. The molecule has 2 amide bonds. The minimum Gasteiger partial charge on any atom is -0.462 e. The van der Waals surface area contributed by atoms with E-state index < -0.39 is 52.3 Å². The van der Waals surface area contributed by atoms with Crippen molar-refractivity contribution in [1.82, 2.24) is 14.9 Å². The van der Waals surface area contributed by atoms with E-state index >= 15 is 0 Å². The highest BCUT2D eigenvalue weighted by Crippen LogP contribution is 2.32. The van der Waals surface area contributed by atoms with Crippen LogP contribution in [0.3, 0.4) is 0 Å². The molecule has 0 saturated carbocycles. The van der Waals surface area contributed by atoms with Crippen LogP contribution in [0.15, 0.2) is 42.5 Å². The van der Waals surface area contributed by atoms with Crippen LogP contribution in [-0.4, -0.2) is 57.9 Å². The standard InChI is InChI=1S/C30H30F2N4O6/c1-5-41-28(39)24-22(16-37)34-25(23-20(31)9-6-10-21(23)32)35-26(24)33-18-13-11-17(12-14-18)19-8-7-15-36(27(19)38)29(40)42-30(2,3)4/h6,9-14,16,19H,5,7-8,15H2,1-4H3,(H,33,34,35). The van der Waals surface area contributed by atoms with E-state index in [9.17, 15) is 28.0 Å². The van der Waals surface area contributed by atoms with Crippen LogP contribution in [0, 0.1) is 11.6 Å². The number of esters is 1. The maximum atomic E-state index is 14.5. The van der Waals surface area contributed by atoms with Gasteiger partial charge in [0.2, 0.25) is 5.91 Å². The summed E-state index contributed by atoms with van der Waals surface area (Å²) in [7, 11) is 0. The Bertz CT molecular complexity index is 1500. The number of benzene rings is 2. The van der Waals surface area contributed by atoms with Gasteiger partial charge in [-0.25, -0.2) is 33.2 Å². The lowest BCUT2D eigenvalue weighted by atomic mass is 9.90. The molecule has 1 fully saturated rings. The molecule has 42 heavy (non-hydrogen) atoms. The van der Waals surface area contributed by atoms with Gasteiger partial charge in [0.1, 0.15) is 34.3 Å². The first-order valence-electron chi connectivity index (χ1n) is 13.3. The summed E-state index contributed by atoms with van der Waals surface area (Å²) >= 11 is 0. The Morgan fingerprint density at radius 3 is 2.36 bits per heavy atom. The van der Waals surface area contributed by atoms with Crippen molar-refractivity contribution in [2.45, 2.75) is 52.1 Å². The van der Waals surface area contributed by atoms with Crippen molar-refractivity contribution in [3.63, 3.8) is 0 Å². The Balaban J connectivity index is 1.67. The van der Waals surface area contributed by atoms with E-state index in [1.165, 1.54) is 6.07 Å². The summed E-state index contributed by atoms with van der Waals surface area (Å²) in [4.78, 5) is 59.6. The highest BCUT2D eigenvalue weighted by molar-refractivity contribution is 6.02. The normalized spacial score (nSPS) is 15.2. The Labute approximate surface area is 241 Å². The van der Waals surface area contributed by atoms with Crippen LogP contribution in [-0.2, 0) is 14.3 Å². The summed E-state index contributed by atoms with van der Waals surface area (Å²) < 4.78 is 39.5. The summed E-state index contributed by atoms with van der Waals surface area (Å²) in [6, 6.07) is 9.77. The fourth-order valence-electron chi connectivity index (χ4n) is 4.50. The summed E-state index contributed by atoms with van der Waals surface area (Å²) in [5.41, 5.74) is -1.02. The van der Waals surface area contributed by atoms with Crippen molar-refractivity contribution in [2.75, 3.05) is 18.5 Å². The molecule has 2 heterocycles. The van der Waals surface area contributed by atoms with Gasteiger partial charge in [-0.3, -0.25) is 9.59 Å². The van der Waals surface area contributed by atoms with Crippen LogP contribution >= 0.6 is 0 Å². The zero-order chi connectivity index (χ0) is 30.6. The van der Waals surface area contributed by atoms with E-state index in [2.05, 4.69) is 15.3 Å². The Kier molecular flexibility index (Phi) is 8.93. The van der Waals surface area contributed by atoms with Gasteiger partial charge in [-0.1, -0.05) is 18.2 Å². The molecule has 1 atom stereocenters. The lowest BCUT2D eigenvalue weighted by Gasteiger charge is -2.32. The van der Waals surface area contributed by atoms with Crippen molar-refractivity contribution >= 4 is 35.8 Å². The van der Waals surface area contributed by atoms with Crippen molar-refractivity contribution in [3.8, 4) is 11.4 Å².